The lowest BCUT2D eigenvalue weighted by atomic mass is 9.97. The molecule has 1 aliphatic rings. The zero-order valence-corrected chi connectivity index (χ0v) is 17.8. The van der Waals surface area contributed by atoms with Crippen LogP contribution >= 0.6 is 0 Å². The fourth-order valence-electron chi connectivity index (χ4n) is 3.84. The Kier molecular flexibility index (Phi) is 4.47. The van der Waals surface area contributed by atoms with Crippen molar-refractivity contribution < 1.29 is 9.18 Å². The molecule has 9 nitrogen and oxygen atoms in total. The molecule has 5 rings (SSSR count). The molecule has 1 fully saturated rings. The maximum Gasteiger partial charge on any atom is 0.249 e. The summed E-state index contributed by atoms with van der Waals surface area (Å²) in [6.45, 7) is 9.44. The Morgan fingerprint density at radius 3 is 2.58 bits per heavy atom. The number of imidazole rings is 1. The molecule has 0 aliphatic carbocycles. The third-order valence-corrected chi connectivity index (χ3v) is 5.66. The molecule has 1 aliphatic heterocycles. The first-order valence-electron chi connectivity index (χ1n) is 10.2. The van der Waals surface area contributed by atoms with E-state index in [1.54, 1.807) is 10.7 Å². The zero-order valence-electron chi connectivity index (χ0n) is 17.8. The van der Waals surface area contributed by atoms with Gasteiger partial charge in [0.05, 0.1) is 23.5 Å². The number of carbonyl (C=O) groups is 1. The molecule has 0 radical (unpaired) electrons. The number of anilines is 1. The van der Waals surface area contributed by atoms with Crippen molar-refractivity contribution in [1.82, 2.24) is 34.1 Å². The van der Waals surface area contributed by atoms with Gasteiger partial charge in [-0.15, -0.1) is 5.10 Å². The van der Waals surface area contributed by atoms with E-state index in [9.17, 15) is 9.18 Å². The van der Waals surface area contributed by atoms with Gasteiger partial charge in [-0.3, -0.25) is 15.0 Å². The molecule has 4 aromatic heterocycles. The van der Waals surface area contributed by atoms with Crippen LogP contribution < -0.4 is 5.32 Å². The fourth-order valence-corrected chi connectivity index (χ4v) is 3.84. The number of pyridine rings is 1. The quantitative estimate of drug-likeness (QED) is 0.543. The van der Waals surface area contributed by atoms with Crippen molar-refractivity contribution in [3.05, 3.63) is 41.6 Å². The van der Waals surface area contributed by atoms with E-state index in [0.717, 1.165) is 16.9 Å². The number of fused-ring (bicyclic) bond motifs is 2. The molecule has 1 amide bonds. The van der Waals surface area contributed by atoms with Crippen molar-refractivity contribution in [2.24, 2.45) is 5.92 Å². The number of nitrogens with zero attached hydrogens (tertiary/aromatic N) is 7. The summed E-state index contributed by atoms with van der Waals surface area (Å²) >= 11 is 0. The van der Waals surface area contributed by atoms with Gasteiger partial charge in [0.15, 0.2) is 17.1 Å². The molecular weight excluding hydrogens is 399 g/mol. The highest BCUT2D eigenvalue weighted by Gasteiger charge is 2.34. The van der Waals surface area contributed by atoms with E-state index >= 15 is 0 Å². The lowest BCUT2D eigenvalue weighted by Gasteiger charge is -2.40. The number of nitrogens with one attached hydrogen (secondary N) is 1. The number of likely N-dealkylation sites (tertiary alicyclic amines) is 1. The summed E-state index contributed by atoms with van der Waals surface area (Å²) < 4.78 is 17.8. The molecule has 0 spiro atoms. The Balaban J connectivity index is 1.43. The van der Waals surface area contributed by atoms with Crippen LogP contribution in [-0.2, 0) is 4.79 Å². The SMILES string of the molecule is Cc1cn2nc(-c3cc(F)c4nc(NC(=O)C5CN(C(C)C)C5)nn4c3)cc(C)c2n1. The number of aromatic nitrogens is 6. The summed E-state index contributed by atoms with van der Waals surface area (Å²) in [6.07, 6.45) is 3.48. The predicted molar refractivity (Wildman–Crippen MR) is 113 cm³/mol. The van der Waals surface area contributed by atoms with Crippen molar-refractivity contribution >= 4 is 23.1 Å². The second-order valence-corrected chi connectivity index (χ2v) is 8.38. The molecule has 1 saturated heterocycles. The molecule has 0 aromatic carbocycles. The average molecular weight is 422 g/mol. The number of amides is 1. The Bertz CT molecular complexity index is 1320. The fraction of sp³-hybridized carbons (Fsp3) is 0.381. The average Bonchev–Trinajstić information content (AvgIpc) is 3.22. The summed E-state index contributed by atoms with van der Waals surface area (Å²) in [4.78, 5) is 23.2. The normalized spacial score (nSPS) is 15.2. The van der Waals surface area contributed by atoms with Gasteiger partial charge < -0.3 is 0 Å². The standard InChI is InChI=1S/C21H23FN8O/c1-11(2)28-8-15(9-28)20(31)25-21-24-19-16(22)6-14(10-30(19)27-21)17-5-12(3)18-23-13(4)7-29(18)26-17/h5-7,10-11,15H,8-9H2,1-4H3,(H,25,27,31). The Labute approximate surface area is 177 Å². The first kappa shape index (κ1) is 19.6. The highest BCUT2D eigenvalue weighted by molar-refractivity contribution is 5.92. The van der Waals surface area contributed by atoms with Crippen molar-refractivity contribution in [3.8, 4) is 11.3 Å². The summed E-state index contributed by atoms with van der Waals surface area (Å²) in [6, 6.07) is 3.64. The third-order valence-electron chi connectivity index (χ3n) is 5.66. The van der Waals surface area contributed by atoms with Crippen LogP contribution in [0, 0.1) is 25.6 Å². The molecule has 31 heavy (non-hydrogen) atoms. The minimum absolute atomic E-state index is 0.0488. The Morgan fingerprint density at radius 2 is 1.84 bits per heavy atom. The molecule has 1 N–H and O–H groups in total. The van der Waals surface area contributed by atoms with Gasteiger partial charge in [-0.1, -0.05) is 0 Å². The van der Waals surface area contributed by atoms with Gasteiger partial charge in [-0.25, -0.2) is 18.4 Å². The van der Waals surface area contributed by atoms with Crippen LogP contribution in [0.4, 0.5) is 10.3 Å². The molecule has 0 atom stereocenters. The number of hydrogen-bond donors (Lipinski definition) is 1. The lowest BCUT2D eigenvalue weighted by Crippen LogP contribution is -2.54. The third kappa shape index (κ3) is 3.42. The van der Waals surface area contributed by atoms with Gasteiger partial charge in [0.25, 0.3) is 0 Å². The zero-order chi connectivity index (χ0) is 21.9. The van der Waals surface area contributed by atoms with Crippen LogP contribution in [0.5, 0.6) is 0 Å². The molecule has 0 bridgehead atoms. The monoisotopic (exact) mass is 422 g/mol. The second-order valence-electron chi connectivity index (χ2n) is 8.38. The van der Waals surface area contributed by atoms with Crippen molar-refractivity contribution in [3.63, 3.8) is 0 Å². The molecule has 10 heteroatoms. The molecule has 0 saturated carbocycles. The summed E-state index contributed by atoms with van der Waals surface area (Å²) in [5.74, 6) is -0.700. The smallest absolute Gasteiger partial charge is 0.249 e. The van der Waals surface area contributed by atoms with E-state index in [2.05, 4.69) is 44.2 Å². The molecular formula is C21H23FN8O. The van der Waals surface area contributed by atoms with Crippen LogP contribution in [-0.4, -0.2) is 59.1 Å². The molecule has 4 aromatic rings. The van der Waals surface area contributed by atoms with Crippen molar-refractivity contribution in [1.29, 1.82) is 0 Å². The van der Waals surface area contributed by atoms with Crippen LogP contribution in [0.1, 0.15) is 25.1 Å². The largest absolute Gasteiger partial charge is 0.299 e. The van der Waals surface area contributed by atoms with Gasteiger partial charge in [0.2, 0.25) is 11.9 Å². The van der Waals surface area contributed by atoms with Crippen molar-refractivity contribution in [2.45, 2.75) is 33.7 Å². The van der Waals surface area contributed by atoms with E-state index in [-0.39, 0.29) is 23.4 Å². The van der Waals surface area contributed by atoms with E-state index in [0.29, 0.717) is 30.4 Å². The van der Waals surface area contributed by atoms with Gasteiger partial charge >= 0.3 is 0 Å². The second kappa shape index (κ2) is 7.09. The first-order chi connectivity index (χ1) is 14.8. The highest BCUT2D eigenvalue weighted by atomic mass is 19.1. The van der Waals surface area contributed by atoms with E-state index in [1.807, 2.05) is 26.1 Å². The van der Waals surface area contributed by atoms with E-state index < -0.39 is 5.82 Å². The van der Waals surface area contributed by atoms with E-state index in [1.165, 1.54) is 10.6 Å². The van der Waals surface area contributed by atoms with Crippen LogP contribution in [0.15, 0.2) is 24.5 Å². The maximum absolute atomic E-state index is 14.8. The summed E-state index contributed by atoms with van der Waals surface area (Å²) in [5, 5.41) is 11.5. The summed E-state index contributed by atoms with van der Waals surface area (Å²) in [7, 11) is 0. The topological polar surface area (TPSA) is 92.7 Å². The minimum Gasteiger partial charge on any atom is -0.299 e. The molecule has 160 valence electrons. The van der Waals surface area contributed by atoms with Crippen LogP contribution in [0.3, 0.4) is 0 Å². The predicted octanol–water partition coefficient (Wildman–Crippen LogP) is 2.47. The van der Waals surface area contributed by atoms with Crippen LogP contribution in [0.25, 0.3) is 22.6 Å². The Hall–Kier alpha value is -3.40. The highest BCUT2D eigenvalue weighted by Crippen LogP contribution is 2.24. The molecule has 5 heterocycles. The number of rotatable bonds is 4. The number of hydrogen-bond acceptors (Lipinski definition) is 6. The maximum atomic E-state index is 14.8. The van der Waals surface area contributed by atoms with E-state index in [4.69, 9.17) is 0 Å². The number of halogens is 1. The van der Waals surface area contributed by atoms with Gasteiger partial charge in [-0.05, 0) is 45.4 Å². The van der Waals surface area contributed by atoms with Gasteiger partial charge in [0, 0.05) is 30.9 Å². The molecule has 0 unspecified atom stereocenters. The minimum atomic E-state index is -0.540. The first-order valence-corrected chi connectivity index (χ1v) is 10.2. The Morgan fingerprint density at radius 1 is 1.10 bits per heavy atom. The van der Waals surface area contributed by atoms with Crippen LogP contribution in [0.2, 0.25) is 0 Å². The number of aryl methyl sites for hydroxylation is 2. The van der Waals surface area contributed by atoms with Crippen molar-refractivity contribution in [2.75, 3.05) is 18.4 Å². The van der Waals surface area contributed by atoms with Gasteiger partial charge in [-0.2, -0.15) is 10.1 Å². The number of carbonyl (C=O) groups excluding carboxylic acids is 1. The van der Waals surface area contributed by atoms with Gasteiger partial charge in [0.1, 0.15) is 0 Å². The summed E-state index contributed by atoms with van der Waals surface area (Å²) in [5.41, 5.74) is 3.74. The lowest BCUT2D eigenvalue weighted by molar-refractivity contribution is -0.125.